The van der Waals surface area contributed by atoms with Crippen molar-refractivity contribution in [3.8, 4) is 0 Å². The van der Waals surface area contributed by atoms with E-state index in [9.17, 15) is 10.1 Å². The summed E-state index contributed by atoms with van der Waals surface area (Å²) in [5.74, 6) is 0. The predicted molar refractivity (Wildman–Crippen MR) is 68.6 cm³/mol. The highest BCUT2D eigenvalue weighted by Crippen LogP contribution is 2.18. The van der Waals surface area contributed by atoms with Crippen LogP contribution in [-0.4, -0.2) is 30.7 Å². The van der Waals surface area contributed by atoms with Crippen LogP contribution in [0.4, 0.5) is 5.69 Å². The molecule has 0 bridgehead atoms. The molecule has 1 saturated heterocycles. The smallest absolute Gasteiger partial charge is 0.272 e. The Kier molecular flexibility index (Phi) is 4.66. The molecule has 2 rings (SSSR count). The van der Waals surface area contributed by atoms with Gasteiger partial charge in [0.1, 0.15) is 0 Å². The molecule has 1 aliphatic rings. The molecule has 5 heteroatoms. The van der Waals surface area contributed by atoms with Crippen LogP contribution < -0.4 is 5.32 Å². The number of ether oxygens (including phenoxy) is 1. The molecule has 0 aliphatic carbocycles. The highest BCUT2D eigenvalue weighted by atomic mass is 16.6. The van der Waals surface area contributed by atoms with Gasteiger partial charge >= 0.3 is 0 Å². The normalized spacial score (nSPS) is 19.0. The van der Waals surface area contributed by atoms with Crippen LogP contribution >= 0.6 is 0 Å². The van der Waals surface area contributed by atoms with Crippen molar-refractivity contribution in [1.29, 1.82) is 0 Å². The Bertz CT molecular complexity index is 403. The molecule has 18 heavy (non-hydrogen) atoms. The van der Waals surface area contributed by atoms with E-state index >= 15 is 0 Å². The lowest BCUT2D eigenvalue weighted by Crippen LogP contribution is -2.27. The van der Waals surface area contributed by atoms with Gasteiger partial charge in [-0.2, -0.15) is 0 Å². The van der Waals surface area contributed by atoms with Gasteiger partial charge in [-0.25, -0.2) is 0 Å². The van der Waals surface area contributed by atoms with Crippen LogP contribution in [0.2, 0.25) is 0 Å². The maximum Gasteiger partial charge on any atom is 0.272 e. The van der Waals surface area contributed by atoms with Crippen molar-refractivity contribution >= 4 is 5.69 Å². The van der Waals surface area contributed by atoms with Crippen LogP contribution in [0.1, 0.15) is 18.4 Å². The Morgan fingerprint density at radius 2 is 2.28 bits per heavy atom. The summed E-state index contributed by atoms with van der Waals surface area (Å²) in [6, 6.07) is 7.28. The van der Waals surface area contributed by atoms with E-state index in [4.69, 9.17) is 4.74 Å². The van der Waals surface area contributed by atoms with E-state index in [1.165, 1.54) is 12.5 Å². The van der Waals surface area contributed by atoms with Gasteiger partial charge in [0, 0.05) is 24.1 Å². The van der Waals surface area contributed by atoms with Gasteiger partial charge in [-0.3, -0.25) is 10.1 Å². The van der Waals surface area contributed by atoms with Crippen molar-refractivity contribution in [2.45, 2.75) is 25.3 Å². The summed E-state index contributed by atoms with van der Waals surface area (Å²) in [6.07, 6.45) is 2.95. The van der Waals surface area contributed by atoms with E-state index in [-0.39, 0.29) is 10.6 Å². The summed E-state index contributed by atoms with van der Waals surface area (Å²) in [5, 5.41) is 14.2. The third-order valence-electron chi connectivity index (χ3n) is 3.19. The summed E-state index contributed by atoms with van der Waals surface area (Å²) in [7, 11) is 0. The van der Waals surface area contributed by atoms with Crippen molar-refractivity contribution < 1.29 is 9.66 Å². The van der Waals surface area contributed by atoms with Gasteiger partial charge in [0.2, 0.25) is 0 Å². The van der Waals surface area contributed by atoms with Crippen molar-refractivity contribution in [3.63, 3.8) is 0 Å². The molecule has 0 radical (unpaired) electrons. The lowest BCUT2D eigenvalue weighted by atomic mass is 10.1. The molecule has 1 atom stereocenters. The number of nitro groups is 1. The van der Waals surface area contributed by atoms with Crippen molar-refractivity contribution in [2.75, 3.05) is 19.8 Å². The molecule has 1 heterocycles. The molecular formula is C13H18N2O3. The Labute approximate surface area is 106 Å². The second-order valence-electron chi connectivity index (χ2n) is 4.50. The molecule has 0 saturated carbocycles. The minimum Gasteiger partial charge on any atom is -0.379 e. The number of para-hydroxylation sites is 1. The number of hydrogen-bond donors (Lipinski definition) is 1. The second-order valence-corrected chi connectivity index (χ2v) is 4.50. The molecule has 0 spiro atoms. The van der Waals surface area contributed by atoms with Crippen LogP contribution in [0.25, 0.3) is 0 Å². The highest BCUT2D eigenvalue weighted by molar-refractivity contribution is 5.39. The van der Waals surface area contributed by atoms with E-state index in [1.807, 2.05) is 6.07 Å². The van der Waals surface area contributed by atoms with Gasteiger partial charge in [0.25, 0.3) is 5.69 Å². The molecule has 1 aromatic carbocycles. The maximum atomic E-state index is 10.8. The number of nitro benzene ring substituents is 1. The Balaban J connectivity index is 1.77. The maximum absolute atomic E-state index is 10.8. The quantitative estimate of drug-likeness (QED) is 0.476. The fourth-order valence-corrected chi connectivity index (χ4v) is 2.21. The third kappa shape index (κ3) is 3.51. The molecule has 1 aromatic rings. The molecule has 1 N–H and O–H groups in total. The predicted octanol–water partition coefficient (Wildman–Crippen LogP) is 1.91. The van der Waals surface area contributed by atoms with Crippen molar-refractivity contribution in [3.05, 3.63) is 39.9 Å². The Morgan fingerprint density at radius 3 is 3.00 bits per heavy atom. The van der Waals surface area contributed by atoms with Crippen LogP contribution in [0.15, 0.2) is 24.3 Å². The zero-order valence-electron chi connectivity index (χ0n) is 10.3. The average Bonchev–Trinajstić information content (AvgIpc) is 2.88. The standard InChI is InChI=1S/C13H18N2O3/c16-15(17)13-6-2-1-4-11(13)7-9-18-10-12-5-3-8-14-12/h1-2,4,6,12,14H,3,5,7-10H2. The molecule has 0 aromatic heterocycles. The first-order valence-corrected chi connectivity index (χ1v) is 6.31. The lowest BCUT2D eigenvalue weighted by Gasteiger charge is -2.10. The van der Waals surface area contributed by atoms with E-state index in [1.54, 1.807) is 12.1 Å². The fourth-order valence-electron chi connectivity index (χ4n) is 2.21. The summed E-state index contributed by atoms with van der Waals surface area (Å²) in [4.78, 5) is 10.5. The molecule has 98 valence electrons. The first kappa shape index (κ1) is 13.0. The molecule has 1 unspecified atom stereocenters. The number of hydrogen-bond acceptors (Lipinski definition) is 4. The fraction of sp³-hybridized carbons (Fsp3) is 0.538. The van der Waals surface area contributed by atoms with Crippen molar-refractivity contribution in [1.82, 2.24) is 5.32 Å². The highest BCUT2D eigenvalue weighted by Gasteiger charge is 2.15. The van der Waals surface area contributed by atoms with E-state index < -0.39 is 0 Å². The summed E-state index contributed by atoms with van der Waals surface area (Å²) in [6.45, 7) is 2.29. The van der Waals surface area contributed by atoms with Gasteiger partial charge in [-0.1, -0.05) is 18.2 Å². The van der Waals surface area contributed by atoms with Crippen LogP contribution in [0, 0.1) is 10.1 Å². The van der Waals surface area contributed by atoms with Crippen LogP contribution in [0.3, 0.4) is 0 Å². The molecule has 5 nitrogen and oxygen atoms in total. The minimum atomic E-state index is -0.339. The Hall–Kier alpha value is -1.46. The van der Waals surface area contributed by atoms with Crippen molar-refractivity contribution in [2.24, 2.45) is 0 Å². The number of nitrogens with zero attached hydrogens (tertiary/aromatic N) is 1. The summed E-state index contributed by atoms with van der Waals surface area (Å²) in [5.41, 5.74) is 0.918. The van der Waals surface area contributed by atoms with Gasteiger partial charge in [0.05, 0.1) is 18.1 Å². The molecular weight excluding hydrogens is 232 g/mol. The van der Waals surface area contributed by atoms with Gasteiger partial charge in [0.15, 0.2) is 0 Å². The lowest BCUT2D eigenvalue weighted by molar-refractivity contribution is -0.385. The zero-order chi connectivity index (χ0) is 12.8. The minimum absolute atomic E-state index is 0.181. The van der Waals surface area contributed by atoms with E-state index in [0.29, 0.717) is 25.7 Å². The van der Waals surface area contributed by atoms with Gasteiger partial charge in [-0.15, -0.1) is 0 Å². The number of nitrogens with one attached hydrogen (secondary N) is 1. The van der Waals surface area contributed by atoms with E-state index in [2.05, 4.69) is 5.32 Å². The Morgan fingerprint density at radius 1 is 1.44 bits per heavy atom. The van der Waals surface area contributed by atoms with Crippen LogP contribution in [-0.2, 0) is 11.2 Å². The van der Waals surface area contributed by atoms with E-state index in [0.717, 1.165) is 18.5 Å². The topological polar surface area (TPSA) is 64.4 Å². The average molecular weight is 250 g/mol. The summed E-state index contributed by atoms with van der Waals surface area (Å²) >= 11 is 0. The number of benzene rings is 1. The molecule has 1 aliphatic heterocycles. The monoisotopic (exact) mass is 250 g/mol. The SMILES string of the molecule is O=[N+]([O-])c1ccccc1CCOCC1CCCN1. The van der Waals surface area contributed by atoms with Crippen LogP contribution in [0.5, 0.6) is 0 Å². The third-order valence-corrected chi connectivity index (χ3v) is 3.19. The largest absolute Gasteiger partial charge is 0.379 e. The number of rotatable bonds is 6. The zero-order valence-corrected chi connectivity index (χ0v) is 10.3. The first-order valence-electron chi connectivity index (χ1n) is 6.31. The first-order chi connectivity index (χ1) is 8.77. The van der Waals surface area contributed by atoms with Gasteiger partial charge in [-0.05, 0) is 19.4 Å². The molecule has 0 amide bonds. The molecule has 1 fully saturated rings. The van der Waals surface area contributed by atoms with Gasteiger partial charge < -0.3 is 10.1 Å². The second kappa shape index (κ2) is 6.47. The summed E-state index contributed by atoms with van der Waals surface area (Å²) < 4.78 is 5.57.